The molecule has 0 aliphatic carbocycles. The van der Waals surface area contributed by atoms with Crippen LogP contribution in [0.1, 0.15) is 10.4 Å². The Morgan fingerprint density at radius 3 is 2.47 bits per heavy atom. The van der Waals surface area contributed by atoms with Gasteiger partial charge in [0.1, 0.15) is 11.0 Å². The Bertz CT molecular complexity index is 1460. The van der Waals surface area contributed by atoms with Gasteiger partial charge in [0.2, 0.25) is 0 Å². The van der Waals surface area contributed by atoms with E-state index < -0.39 is 11.0 Å². The molecule has 0 saturated carbocycles. The number of carbonyl (C=O) groups excluding carboxylic acids is 1. The van der Waals surface area contributed by atoms with Gasteiger partial charge in [0.25, 0.3) is 11.5 Å². The minimum absolute atomic E-state index is 0.0622. The number of aryl methyl sites for hydroxylation is 1. The highest BCUT2D eigenvalue weighted by Crippen LogP contribution is 2.26. The largest absolute Gasteiger partial charge is 0.360 e. The first-order chi connectivity index (χ1) is 16.4. The molecule has 1 aliphatic rings. The summed E-state index contributed by atoms with van der Waals surface area (Å²) in [5, 5.41) is 5.78. The van der Waals surface area contributed by atoms with Crippen molar-refractivity contribution in [2.45, 2.75) is 4.90 Å². The molecule has 174 valence electrons. The molecule has 1 amide bonds. The zero-order valence-corrected chi connectivity index (χ0v) is 20.0. The summed E-state index contributed by atoms with van der Waals surface area (Å²) >= 11 is 6.13. The van der Waals surface area contributed by atoms with Crippen LogP contribution in [0.5, 0.6) is 0 Å². The Hall–Kier alpha value is -3.27. The van der Waals surface area contributed by atoms with Crippen LogP contribution in [-0.2, 0) is 18.0 Å². The highest BCUT2D eigenvalue weighted by molar-refractivity contribution is 7.82. The van der Waals surface area contributed by atoms with Crippen LogP contribution in [0.3, 0.4) is 0 Å². The lowest BCUT2D eigenvalue weighted by molar-refractivity contribution is 0.0701. The van der Waals surface area contributed by atoms with Crippen LogP contribution in [0, 0.1) is 0 Å². The molecule has 3 heterocycles. The molecule has 2 aromatic carbocycles. The summed E-state index contributed by atoms with van der Waals surface area (Å²) in [6, 6.07) is 15.9. The van der Waals surface area contributed by atoms with Crippen LogP contribution < -0.4 is 5.56 Å². The number of hydrogen-bond donors (Lipinski definition) is 1. The quantitative estimate of drug-likeness (QED) is 0.471. The Morgan fingerprint density at radius 1 is 1.03 bits per heavy atom. The molecule has 4 aromatic rings. The first kappa shape index (κ1) is 22.5. The second-order valence-electron chi connectivity index (χ2n) is 8.07. The molecule has 0 spiro atoms. The zero-order chi connectivity index (χ0) is 23.8. The standard InChI is InChI=1S/C24H22ClN5O3S/c1-28-23(31)9-8-21(27-28)16-2-4-17(5-3-16)24(32)29-10-12-30(13-11-29)34(33)18-6-7-19-20(25)15-26-22(19)14-18/h2-9,14-15,26H,10-13H2,1H3. The third kappa shape index (κ3) is 4.29. The molecule has 5 rings (SSSR count). The van der Waals surface area contributed by atoms with E-state index >= 15 is 0 Å². The van der Waals surface area contributed by atoms with Gasteiger partial charge in [-0.25, -0.2) is 13.2 Å². The highest BCUT2D eigenvalue weighted by Gasteiger charge is 2.26. The van der Waals surface area contributed by atoms with Crippen LogP contribution in [0.2, 0.25) is 5.02 Å². The average Bonchev–Trinajstić information content (AvgIpc) is 3.25. The third-order valence-electron chi connectivity index (χ3n) is 5.95. The highest BCUT2D eigenvalue weighted by atomic mass is 35.5. The number of benzene rings is 2. The van der Waals surface area contributed by atoms with Gasteiger partial charge in [-0.1, -0.05) is 29.8 Å². The third-order valence-corrected chi connectivity index (χ3v) is 7.76. The van der Waals surface area contributed by atoms with Gasteiger partial charge < -0.3 is 9.88 Å². The van der Waals surface area contributed by atoms with Crippen LogP contribution in [0.4, 0.5) is 0 Å². The number of nitrogens with one attached hydrogen (secondary N) is 1. The molecule has 0 bridgehead atoms. The number of aromatic nitrogens is 3. The van der Waals surface area contributed by atoms with Crippen LogP contribution in [0.25, 0.3) is 22.2 Å². The number of amides is 1. The van der Waals surface area contributed by atoms with E-state index in [4.69, 9.17) is 11.6 Å². The van der Waals surface area contributed by atoms with E-state index in [0.717, 1.165) is 16.5 Å². The molecule has 1 unspecified atom stereocenters. The van der Waals surface area contributed by atoms with E-state index in [1.54, 1.807) is 36.3 Å². The molecule has 1 N–H and O–H groups in total. The number of fused-ring (bicyclic) bond motifs is 1. The van der Waals surface area contributed by atoms with Gasteiger partial charge in [-0.2, -0.15) is 5.10 Å². The molecule has 10 heteroatoms. The van der Waals surface area contributed by atoms with Crippen LogP contribution >= 0.6 is 11.6 Å². The van der Waals surface area contributed by atoms with E-state index in [1.807, 2.05) is 34.6 Å². The van der Waals surface area contributed by atoms with Crippen molar-refractivity contribution in [1.29, 1.82) is 0 Å². The van der Waals surface area contributed by atoms with Gasteiger partial charge in [0.15, 0.2) is 0 Å². The Labute approximate surface area is 203 Å². The number of aromatic amines is 1. The van der Waals surface area contributed by atoms with Crippen LogP contribution in [0.15, 0.2) is 70.5 Å². The molecule has 34 heavy (non-hydrogen) atoms. The minimum atomic E-state index is -1.32. The molecular formula is C24H22ClN5O3S. The maximum atomic E-state index is 13.1. The molecule has 1 saturated heterocycles. The molecule has 1 aliphatic heterocycles. The molecular weight excluding hydrogens is 474 g/mol. The summed E-state index contributed by atoms with van der Waals surface area (Å²) < 4.78 is 16.2. The van der Waals surface area contributed by atoms with Gasteiger partial charge >= 0.3 is 0 Å². The smallest absolute Gasteiger partial charge is 0.266 e. The number of halogens is 1. The van der Waals surface area contributed by atoms with E-state index in [9.17, 15) is 13.8 Å². The summed E-state index contributed by atoms with van der Waals surface area (Å²) in [6.45, 7) is 2.01. The number of hydrogen-bond acceptors (Lipinski definition) is 4. The Kier molecular flexibility index (Phi) is 6.07. The van der Waals surface area contributed by atoms with Crippen LogP contribution in [-0.4, -0.2) is 60.3 Å². The number of carbonyl (C=O) groups is 1. The van der Waals surface area contributed by atoms with Crippen molar-refractivity contribution >= 4 is 39.4 Å². The van der Waals surface area contributed by atoms with Crippen molar-refractivity contribution in [3.63, 3.8) is 0 Å². The van der Waals surface area contributed by atoms with Gasteiger partial charge in [-0.05, 0) is 30.3 Å². The Balaban J connectivity index is 1.23. The SMILES string of the molecule is Cn1nc(-c2ccc(C(=O)N3CCN(S(=O)c4ccc5c(Cl)c[nH]c5c4)CC3)cc2)ccc1=O. The number of rotatable bonds is 4. The predicted octanol–water partition coefficient (Wildman–Crippen LogP) is 3.06. The summed E-state index contributed by atoms with van der Waals surface area (Å²) in [4.78, 5) is 30.1. The van der Waals surface area contributed by atoms with E-state index in [0.29, 0.717) is 47.4 Å². The van der Waals surface area contributed by atoms with E-state index in [1.165, 1.54) is 10.7 Å². The lowest BCUT2D eigenvalue weighted by atomic mass is 10.1. The fraction of sp³-hybridized carbons (Fsp3) is 0.208. The van der Waals surface area contributed by atoms with Crippen molar-refractivity contribution in [3.05, 3.63) is 81.7 Å². The maximum Gasteiger partial charge on any atom is 0.266 e. The summed E-state index contributed by atoms with van der Waals surface area (Å²) in [5.41, 5.74) is 2.74. The van der Waals surface area contributed by atoms with Crippen molar-refractivity contribution < 1.29 is 9.00 Å². The topological polar surface area (TPSA) is 91.3 Å². The van der Waals surface area contributed by atoms with Gasteiger partial charge in [-0.3, -0.25) is 9.59 Å². The predicted molar refractivity (Wildman–Crippen MR) is 132 cm³/mol. The first-order valence-corrected chi connectivity index (χ1v) is 12.3. The summed E-state index contributed by atoms with van der Waals surface area (Å²) in [5.74, 6) is -0.0622. The molecule has 1 atom stereocenters. The van der Waals surface area contributed by atoms with Crippen molar-refractivity contribution in [3.8, 4) is 11.3 Å². The van der Waals surface area contributed by atoms with E-state index in [-0.39, 0.29) is 11.5 Å². The van der Waals surface area contributed by atoms with Crippen molar-refractivity contribution in [1.82, 2.24) is 24.0 Å². The van der Waals surface area contributed by atoms with E-state index in [2.05, 4.69) is 10.1 Å². The number of H-pyrrole nitrogens is 1. The maximum absolute atomic E-state index is 13.1. The monoisotopic (exact) mass is 495 g/mol. The number of nitrogens with zero attached hydrogens (tertiary/aromatic N) is 4. The summed E-state index contributed by atoms with van der Waals surface area (Å²) in [6.07, 6.45) is 1.72. The molecule has 0 radical (unpaired) electrons. The molecule has 2 aromatic heterocycles. The lowest BCUT2D eigenvalue weighted by Gasteiger charge is -2.33. The van der Waals surface area contributed by atoms with Gasteiger partial charge in [-0.15, -0.1) is 0 Å². The number of piperazine rings is 1. The second kappa shape index (κ2) is 9.17. The normalized spacial score (nSPS) is 15.5. The summed E-state index contributed by atoms with van der Waals surface area (Å²) in [7, 11) is 0.285. The van der Waals surface area contributed by atoms with Crippen molar-refractivity contribution in [2.24, 2.45) is 7.05 Å². The average molecular weight is 496 g/mol. The molecule has 1 fully saturated rings. The Morgan fingerprint density at radius 2 is 1.76 bits per heavy atom. The van der Waals surface area contributed by atoms with Crippen molar-refractivity contribution in [2.75, 3.05) is 26.2 Å². The van der Waals surface area contributed by atoms with Gasteiger partial charge in [0.05, 0.1) is 15.6 Å². The second-order valence-corrected chi connectivity index (χ2v) is 9.97. The fourth-order valence-corrected chi connectivity index (χ4v) is 5.42. The fourth-order valence-electron chi connectivity index (χ4n) is 4.01. The minimum Gasteiger partial charge on any atom is -0.360 e. The lowest BCUT2D eigenvalue weighted by Crippen LogP contribution is -2.49. The molecule has 8 nitrogen and oxygen atoms in total. The zero-order valence-electron chi connectivity index (χ0n) is 18.4. The van der Waals surface area contributed by atoms with Gasteiger partial charge in [0, 0.05) is 67.5 Å². The first-order valence-electron chi connectivity index (χ1n) is 10.8.